The minimum Gasteiger partial charge on any atom is -0.310 e. The van der Waals surface area contributed by atoms with Crippen LogP contribution in [0.3, 0.4) is 0 Å². The molecule has 2 aliphatic heterocycles. The fourth-order valence-electron chi connectivity index (χ4n) is 10.3. The molecule has 0 fully saturated rings. The number of benzene rings is 9. The first kappa shape index (κ1) is 28.8. The number of rotatable bonds is 2. The summed E-state index contributed by atoms with van der Waals surface area (Å²) in [7, 11) is 0. The Morgan fingerprint density at radius 2 is 0.722 bits per heavy atom. The zero-order valence-corrected chi connectivity index (χ0v) is 29.4. The number of nitrogens with zero attached hydrogens (tertiary/aromatic N) is 2. The van der Waals surface area contributed by atoms with Crippen molar-refractivity contribution >= 4 is 111 Å². The lowest BCUT2D eigenvalue weighted by Crippen LogP contribution is -2.60. The molecular weight excluding hydrogens is 650 g/mol. The molecule has 0 amide bonds. The topological polar surface area (TPSA) is 9.86 Å². The van der Waals surface area contributed by atoms with Crippen molar-refractivity contribution in [2.45, 2.75) is 0 Å². The molecule has 0 N–H and O–H groups in total. The lowest BCUT2D eigenvalue weighted by atomic mass is 9.32. The predicted molar refractivity (Wildman–Crippen MR) is 232 cm³/mol. The van der Waals surface area contributed by atoms with Crippen molar-refractivity contribution < 1.29 is 0 Å². The van der Waals surface area contributed by atoms with Crippen LogP contribution in [0.5, 0.6) is 0 Å². The van der Waals surface area contributed by atoms with E-state index in [1.807, 2.05) is 0 Å². The highest BCUT2D eigenvalue weighted by molar-refractivity contribution is 7.00. The van der Waals surface area contributed by atoms with Crippen LogP contribution in [0.1, 0.15) is 0 Å². The van der Waals surface area contributed by atoms with Gasteiger partial charge in [-0.3, -0.25) is 0 Å². The van der Waals surface area contributed by atoms with Gasteiger partial charge in [-0.2, -0.15) is 0 Å². The van der Waals surface area contributed by atoms with Gasteiger partial charge < -0.3 is 9.13 Å². The molecule has 246 valence electrons. The molecule has 9 aromatic carbocycles. The third-order valence-corrected chi connectivity index (χ3v) is 12.6. The molecule has 0 saturated carbocycles. The van der Waals surface area contributed by atoms with Crippen LogP contribution in [0.2, 0.25) is 0 Å². The normalized spacial score (nSPS) is 13.1. The molecule has 2 nitrogen and oxygen atoms in total. The van der Waals surface area contributed by atoms with Crippen LogP contribution in [-0.4, -0.2) is 22.6 Å². The van der Waals surface area contributed by atoms with E-state index in [4.69, 9.17) is 0 Å². The zero-order chi connectivity index (χ0) is 35.1. The summed E-state index contributed by atoms with van der Waals surface area (Å²) in [5.74, 6) is 0. The molecule has 0 saturated heterocycles. The standard InChI is InChI=1S/C50H30B2N2/c1-3-13-33-27-35(25-23-31(33)11-1)51-41-19-9-17-39-37-15-5-7-21-45(37)53(49(39)41)47-30-48-44(29-43(47)51)52(36-26-24-32-12-2-4-14-34(32)28-36)42-20-10-18-40-38-16-6-8-22-46(38)54(48)50(40)42/h1-30H. The highest BCUT2D eigenvalue weighted by Crippen LogP contribution is 2.37. The fourth-order valence-corrected chi connectivity index (χ4v) is 10.3. The monoisotopic (exact) mass is 680 g/mol. The number of hydrogen-bond donors (Lipinski definition) is 0. The van der Waals surface area contributed by atoms with Crippen molar-refractivity contribution in [2.24, 2.45) is 0 Å². The average Bonchev–Trinajstić information content (AvgIpc) is 3.75. The van der Waals surface area contributed by atoms with Crippen molar-refractivity contribution in [1.29, 1.82) is 0 Å². The van der Waals surface area contributed by atoms with Crippen LogP contribution in [0.4, 0.5) is 0 Å². The maximum absolute atomic E-state index is 2.59. The van der Waals surface area contributed by atoms with Gasteiger partial charge >= 0.3 is 0 Å². The van der Waals surface area contributed by atoms with Crippen LogP contribution < -0.4 is 32.8 Å². The van der Waals surface area contributed by atoms with Crippen molar-refractivity contribution in [3.63, 3.8) is 0 Å². The molecule has 0 spiro atoms. The van der Waals surface area contributed by atoms with Crippen molar-refractivity contribution in [2.75, 3.05) is 0 Å². The molecule has 4 heteroatoms. The third kappa shape index (κ3) is 3.67. The summed E-state index contributed by atoms with van der Waals surface area (Å²) in [5, 5.41) is 10.3. The summed E-state index contributed by atoms with van der Waals surface area (Å²) < 4.78 is 5.14. The van der Waals surface area contributed by atoms with E-state index < -0.39 is 0 Å². The molecule has 0 atom stereocenters. The van der Waals surface area contributed by atoms with Gasteiger partial charge in [0, 0.05) is 44.0 Å². The van der Waals surface area contributed by atoms with E-state index in [0.717, 1.165) is 0 Å². The Kier molecular flexibility index (Phi) is 5.56. The van der Waals surface area contributed by atoms with Gasteiger partial charge in [0.2, 0.25) is 13.4 Å². The summed E-state index contributed by atoms with van der Waals surface area (Å²) in [5.41, 5.74) is 15.7. The Bertz CT molecular complexity index is 3200. The Hall–Kier alpha value is -6.77. The number of hydrogen-bond acceptors (Lipinski definition) is 0. The van der Waals surface area contributed by atoms with Gasteiger partial charge in [0.25, 0.3) is 0 Å². The molecule has 13 rings (SSSR count). The molecular formula is C50H30B2N2. The predicted octanol–water partition coefficient (Wildman–Crippen LogP) is 7.85. The van der Waals surface area contributed by atoms with Gasteiger partial charge in [0.1, 0.15) is 0 Å². The first-order valence-electron chi connectivity index (χ1n) is 19.0. The quantitative estimate of drug-likeness (QED) is 0.165. The van der Waals surface area contributed by atoms with Crippen molar-refractivity contribution in [1.82, 2.24) is 9.13 Å². The zero-order valence-electron chi connectivity index (χ0n) is 29.4. The number of aromatic nitrogens is 2. The van der Waals surface area contributed by atoms with E-state index in [9.17, 15) is 0 Å². The van der Waals surface area contributed by atoms with Crippen molar-refractivity contribution in [3.8, 4) is 11.4 Å². The minimum absolute atomic E-state index is 0.0614. The SMILES string of the molecule is c1ccc2cc(B3c4cc5c(cc4-n4c6ccccc6c6cccc3c64)-n3c4ccccc4c4cccc(c43)B5c3ccc4ccccc4c3)ccc2c1. The van der Waals surface area contributed by atoms with E-state index in [0.29, 0.717) is 0 Å². The Morgan fingerprint density at radius 3 is 1.22 bits per heavy atom. The van der Waals surface area contributed by atoms with Gasteiger partial charge in [0.05, 0.1) is 11.0 Å². The molecule has 11 aromatic rings. The first-order chi connectivity index (χ1) is 26.8. The molecule has 2 aromatic heterocycles. The smallest absolute Gasteiger partial charge is 0.246 e. The molecule has 0 radical (unpaired) electrons. The van der Waals surface area contributed by atoms with Crippen LogP contribution in [-0.2, 0) is 0 Å². The van der Waals surface area contributed by atoms with Crippen molar-refractivity contribution in [3.05, 3.63) is 182 Å². The summed E-state index contributed by atoms with van der Waals surface area (Å²) in [6, 6.07) is 68.7. The Balaban J connectivity index is 1.20. The molecule has 2 aliphatic rings. The van der Waals surface area contributed by atoms with Crippen LogP contribution >= 0.6 is 0 Å². The van der Waals surface area contributed by atoms with E-state index in [2.05, 4.69) is 191 Å². The Morgan fingerprint density at radius 1 is 0.296 bits per heavy atom. The summed E-state index contributed by atoms with van der Waals surface area (Å²) in [6.45, 7) is 0.123. The van der Waals surface area contributed by atoms with Crippen LogP contribution in [0.25, 0.3) is 76.5 Å². The minimum atomic E-state index is 0.0614. The lowest BCUT2D eigenvalue weighted by Gasteiger charge is -2.33. The van der Waals surface area contributed by atoms with E-state index in [-0.39, 0.29) is 13.4 Å². The summed E-state index contributed by atoms with van der Waals surface area (Å²) >= 11 is 0. The summed E-state index contributed by atoms with van der Waals surface area (Å²) in [4.78, 5) is 0. The maximum atomic E-state index is 2.59. The van der Waals surface area contributed by atoms with Gasteiger partial charge in [-0.1, -0.05) is 175 Å². The largest absolute Gasteiger partial charge is 0.310 e. The van der Waals surface area contributed by atoms with Crippen LogP contribution in [0.15, 0.2) is 182 Å². The first-order valence-corrected chi connectivity index (χ1v) is 19.0. The molecule has 54 heavy (non-hydrogen) atoms. The average molecular weight is 680 g/mol. The van der Waals surface area contributed by atoms with Gasteiger partial charge in [-0.25, -0.2) is 0 Å². The second-order valence-electron chi connectivity index (χ2n) is 15.2. The van der Waals surface area contributed by atoms with Gasteiger partial charge in [0.15, 0.2) is 0 Å². The van der Waals surface area contributed by atoms with E-state index in [1.54, 1.807) is 0 Å². The highest BCUT2D eigenvalue weighted by atomic mass is 15.0. The lowest BCUT2D eigenvalue weighted by molar-refractivity contribution is 1.15. The van der Waals surface area contributed by atoms with Crippen LogP contribution in [0, 0.1) is 0 Å². The molecule has 4 heterocycles. The summed E-state index contributed by atoms with van der Waals surface area (Å²) in [6.07, 6.45) is 0. The Labute approximate surface area is 312 Å². The number of fused-ring (bicyclic) bond motifs is 12. The maximum Gasteiger partial charge on any atom is 0.246 e. The third-order valence-electron chi connectivity index (χ3n) is 12.6. The molecule has 0 unspecified atom stereocenters. The number of para-hydroxylation sites is 4. The van der Waals surface area contributed by atoms with Gasteiger partial charge in [-0.15, -0.1) is 0 Å². The molecule has 0 bridgehead atoms. The van der Waals surface area contributed by atoms with Gasteiger partial charge in [-0.05, 0) is 61.6 Å². The van der Waals surface area contributed by atoms with E-state index in [1.165, 1.54) is 109 Å². The fraction of sp³-hybridized carbons (Fsp3) is 0. The second-order valence-corrected chi connectivity index (χ2v) is 15.2. The highest BCUT2D eigenvalue weighted by Gasteiger charge is 2.39. The van der Waals surface area contributed by atoms with E-state index >= 15 is 0 Å². The second kappa shape index (κ2) is 10.4. The molecule has 0 aliphatic carbocycles.